The minimum Gasteiger partial charge on any atom is -0.375 e. The van der Waals surface area contributed by atoms with E-state index >= 15 is 0 Å². The number of carbonyl (C=O) groups excluding carboxylic acids is 1. The highest BCUT2D eigenvalue weighted by Crippen LogP contribution is 2.17. The van der Waals surface area contributed by atoms with E-state index in [2.05, 4.69) is 10.1 Å². The highest BCUT2D eigenvalue weighted by atomic mass is 32.1. The van der Waals surface area contributed by atoms with Gasteiger partial charge in [0.1, 0.15) is 5.69 Å². The summed E-state index contributed by atoms with van der Waals surface area (Å²) in [5.41, 5.74) is 6.97. The molecule has 0 aliphatic heterocycles. The number of aromatic nitrogens is 1. The van der Waals surface area contributed by atoms with Gasteiger partial charge in [0, 0.05) is 5.38 Å². The number of benzene rings is 1. The molecule has 6 heteroatoms. The van der Waals surface area contributed by atoms with E-state index in [0.717, 1.165) is 5.56 Å². The second kappa shape index (κ2) is 5.42. The minimum absolute atomic E-state index is 0.117. The van der Waals surface area contributed by atoms with Crippen molar-refractivity contribution in [2.24, 2.45) is 5.16 Å². The minimum atomic E-state index is 0.117. The van der Waals surface area contributed by atoms with Gasteiger partial charge in [0.25, 0.3) is 0 Å². The van der Waals surface area contributed by atoms with E-state index in [9.17, 15) is 4.79 Å². The Kier molecular flexibility index (Phi) is 3.69. The summed E-state index contributed by atoms with van der Waals surface area (Å²) in [6.07, 6.45) is 0.590. The van der Waals surface area contributed by atoms with Crippen molar-refractivity contribution in [1.29, 1.82) is 0 Å². The van der Waals surface area contributed by atoms with Crippen LogP contribution in [0.15, 0.2) is 34.8 Å². The molecule has 2 aromatic rings. The zero-order valence-corrected chi connectivity index (χ0v) is 10.5. The first-order chi connectivity index (χ1) is 8.70. The lowest BCUT2D eigenvalue weighted by molar-refractivity contribution is -0.102. The summed E-state index contributed by atoms with van der Waals surface area (Å²) >= 11 is 1.24. The molecule has 0 atom stereocenters. The predicted octanol–water partition coefficient (Wildman–Crippen LogP) is 2.02. The van der Waals surface area contributed by atoms with Crippen molar-refractivity contribution in [3.05, 3.63) is 40.9 Å². The van der Waals surface area contributed by atoms with Crippen molar-refractivity contribution < 1.29 is 9.63 Å². The third kappa shape index (κ3) is 2.72. The van der Waals surface area contributed by atoms with Crippen LogP contribution >= 0.6 is 11.3 Å². The average Bonchev–Trinajstić information content (AvgIpc) is 2.79. The maximum absolute atomic E-state index is 10.9. The van der Waals surface area contributed by atoms with Gasteiger partial charge in [-0.15, -0.1) is 11.3 Å². The lowest BCUT2D eigenvalue weighted by Crippen LogP contribution is -2.05. The summed E-state index contributed by atoms with van der Waals surface area (Å²) in [4.78, 5) is 20.1. The second-order valence-corrected chi connectivity index (χ2v) is 4.41. The molecule has 1 aromatic heterocycles. The Hall–Kier alpha value is -2.21. The SMILES string of the molecule is Cc1ccccc1O/N=C(\C=O)c1csc(N)n1. The van der Waals surface area contributed by atoms with E-state index in [1.54, 1.807) is 11.4 Å². The standard InChI is InChI=1S/C12H11N3O2S/c1-8-4-2-3-5-11(8)17-15-9(6-16)10-7-18-12(13)14-10/h2-7H,1H3,(H2,13,14)/b15-9+. The zero-order chi connectivity index (χ0) is 13.0. The molecular formula is C12H11N3O2S. The molecule has 92 valence electrons. The Labute approximate surface area is 108 Å². The molecule has 0 aliphatic carbocycles. The van der Waals surface area contributed by atoms with Crippen LogP contribution in [0.5, 0.6) is 5.75 Å². The molecule has 0 saturated heterocycles. The fourth-order valence-electron chi connectivity index (χ4n) is 1.29. The Morgan fingerprint density at radius 2 is 2.28 bits per heavy atom. The lowest BCUT2D eigenvalue weighted by Gasteiger charge is -2.02. The summed E-state index contributed by atoms with van der Waals surface area (Å²) in [7, 11) is 0. The van der Waals surface area contributed by atoms with Crippen LogP contribution in [0.1, 0.15) is 11.3 Å². The first kappa shape index (κ1) is 12.3. The van der Waals surface area contributed by atoms with Crippen molar-refractivity contribution in [3.8, 4) is 5.75 Å². The molecule has 0 bridgehead atoms. The number of nitrogen functional groups attached to an aromatic ring is 1. The molecule has 0 unspecified atom stereocenters. The number of rotatable bonds is 4. The maximum atomic E-state index is 10.9. The van der Waals surface area contributed by atoms with Crippen LogP contribution in [0.25, 0.3) is 0 Å². The van der Waals surface area contributed by atoms with E-state index in [-0.39, 0.29) is 5.71 Å². The summed E-state index contributed by atoms with van der Waals surface area (Å²) < 4.78 is 0. The van der Waals surface area contributed by atoms with Gasteiger partial charge >= 0.3 is 0 Å². The molecule has 0 radical (unpaired) electrons. The monoisotopic (exact) mass is 261 g/mol. The predicted molar refractivity (Wildman–Crippen MR) is 70.9 cm³/mol. The van der Waals surface area contributed by atoms with E-state index < -0.39 is 0 Å². The van der Waals surface area contributed by atoms with Crippen LogP contribution in [0, 0.1) is 6.92 Å². The van der Waals surface area contributed by atoms with Crippen molar-refractivity contribution in [2.75, 3.05) is 5.73 Å². The number of nitrogens with two attached hydrogens (primary N) is 1. The molecule has 2 N–H and O–H groups in total. The number of hydrogen-bond acceptors (Lipinski definition) is 6. The summed E-state index contributed by atoms with van der Waals surface area (Å²) in [6, 6.07) is 7.40. The third-order valence-electron chi connectivity index (χ3n) is 2.23. The van der Waals surface area contributed by atoms with Crippen molar-refractivity contribution in [1.82, 2.24) is 4.98 Å². The quantitative estimate of drug-likeness (QED) is 0.519. The number of thiazole rings is 1. The van der Waals surface area contributed by atoms with Crippen molar-refractivity contribution in [2.45, 2.75) is 6.92 Å². The second-order valence-electron chi connectivity index (χ2n) is 3.52. The lowest BCUT2D eigenvalue weighted by atomic mass is 10.2. The first-order valence-corrected chi connectivity index (χ1v) is 6.06. The number of aryl methyl sites for hydroxylation is 1. The van der Waals surface area contributed by atoms with E-state index in [1.807, 2.05) is 25.1 Å². The van der Waals surface area contributed by atoms with Gasteiger partial charge in [0.05, 0.1) is 0 Å². The highest BCUT2D eigenvalue weighted by Gasteiger charge is 2.08. The molecule has 1 heterocycles. The van der Waals surface area contributed by atoms with Gasteiger partial charge < -0.3 is 10.6 Å². The molecule has 0 fully saturated rings. The molecule has 1 aromatic carbocycles. The van der Waals surface area contributed by atoms with Crippen LogP contribution in [-0.4, -0.2) is 17.0 Å². The molecule has 0 saturated carbocycles. The first-order valence-electron chi connectivity index (χ1n) is 5.18. The smallest absolute Gasteiger partial charge is 0.180 e. The van der Waals surface area contributed by atoms with E-state index in [1.165, 1.54) is 11.3 Å². The van der Waals surface area contributed by atoms with Crippen LogP contribution < -0.4 is 10.6 Å². The fraction of sp³-hybridized carbons (Fsp3) is 0.0833. The molecule has 0 amide bonds. The largest absolute Gasteiger partial charge is 0.375 e. The number of hydrogen-bond donors (Lipinski definition) is 1. The average molecular weight is 261 g/mol. The van der Waals surface area contributed by atoms with Gasteiger partial charge in [0.2, 0.25) is 0 Å². The molecule has 18 heavy (non-hydrogen) atoms. The Balaban J connectivity index is 2.21. The van der Waals surface area contributed by atoms with Gasteiger partial charge in [-0.05, 0) is 18.6 Å². The summed E-state index contributed by atoms with van der Waals surface area (Å²) in [5.74, 6) is 0.597. The number of oxime groups is 1. The number of nitrogens with zero attached hydrogens (tertiary/aromatic N) is 2. The molecular weight excluding hydrogens is 250 g/mol. The number of anilines is 1. The van der Waals surface area contributed by atoms with Crippen LogP contribution in [0.2, 0.25) is 0 Å². The maximum Gasteiger partial charge on any atom is 0.180 e. The highest BCUT2D eigenvalue weighted by molar-refractivity contribution is 7.13. The molecule has 0 spiro atoms. The fourth-order valence-corrected chi connectivity index (χ4v) is 1.85. The molecule has 0 aliphatic rings. The van der Waals surface area contributed by atoms with Crippen LogP contribution in [-0.2, 0) is 4.79 Å². The Morgan fingerprint density at radius 1 is 1.50 bits per heavy atom. The van der Waals surface area contributed by atoms with E-state index in [0.29, 0.717) is 22.9 Å². The Bertz CT molecular complexity index is 593. The van der Waals surface area contributed by atoms with Crippen LogP contribution in [0.3, 0.4) is 0 Å². The van der Waals surface area contributed by atoms with Crippen molar-refractivity contribution >= 4 is 28.5 Å². The number of para-hydroxylation sites is 1. The summed E-state index contributed by atoms with van der Waals surface area (Å²) in [5, 5.41) is 5.84. The third-order valence-corrected chi connectivity index (χ3v) is 2.91. The van der Waals surface area contributed by atoms with E-state index in [4.69, 9.17) is 10.6 Å². The van der Waals surface area contributed by atoms with Crippen LogP contribution in [0.4, 0.5) is 5.13 Å². The van der Waals surface area contributed by atoms with Gasteiger partial charge in [0.15, 0.2) is 22.9 Å². The normalized spacial score (nSPS) is 11.3. The van der Waals surface area contributed by atoms with Gasteiger partial charge in [-0.2, -0.15) is 0 Å². The van der Waals surface area contributed by atoms with Gasteiger partial charge in [-0.25, -0.2) is 4.98 Å². The topological polar surface area (TPSA) is 77.6 Å². The molecule has 2 rings (SSSR count). The number of carbonyl (C=O) groups is 1. The summed E-state index contributed by atoms with van der Waals surface area (Å²) in [6.45, 7) is 1.90. The number of aldehydes is 1. The zero-order valence-electron chi connectivity index (χ0n) is 9.66. The molecule has 5 nitrogen and oxygen atoms in total. The Morgan fingerprint density at radius 3 is 2.89 bits per heavy atom. The van der Waals surface area contributed by atoms with Gasteiger partial charge in [-0.3, -0.25) is 4.79 Å². The van der Waals surface area contributed by atoms with Gasteiger partial charge in [-0.1, -0.05) is 23.4 Å². The van der Waals surface area contributed by atoms with Crippen molar-refractivity contribution in [3.63, 3.8) is 0 Å².